The second-order valence-electron chi connectivity index (χ2n) is 6.90. The second-order valence-corrected chi connectivity index (χ2v) is 6.90. The van der Waals surface area contributed by atoms with Gasteiger partial charge >= 0.3 is 0 Å². The summed E-state index contributed by atoms with van der Waals surface area (Å²) in [6.45, 7) is 3.35. The van der Waals surface area contributed by atoms with Crippen LogP contribution in [-0.4, -0.2) is 25.3 Å². The molecule has 0 amide bonds. The van der Waals surface area contributed by atoms with Crippen LogP contribution < -0.4 is 0 Å². The van der Waals surface area contributed by atoms with Crippen molar-refractivity contribution in [2.24, 2.45) is 0 Å². The Bertz CT molecular complexity index is 1140. The predicted octanol–water partition coefficient (Wildman–Crippen LogP) is 4.19. The molecule has 0 unspecified atom stereocenters. The molecule has 3 heterocycles. The summed E-state index contributed by atoms with van der Waals surface area (Å²) in [5, 5.41) is 14.4. The lowest BCUT2D eigenvalue weighted by atomic mass is 10.0. The van der Waals surface area contributed by atoms with Gasteiger partial charge in [0.25, 0.3) is 0 Å². The van der Waals surface area contributed by atoms with Crippen LogP contribution in [0.1, 0.15) is 19.4 Å². The fraction of sp³-hybridized carbons (Fsp3) is 0.130. The van der Waals surface area contributed by atoms with Gasteiger partial charge in [-0.1, -0.05) is 42.2 Å². The van der Waals surface area contributed by atoms with Crippen molar-refractivity contribution in [3.63, 3.8) is 0 Å². The molecule has 3 aromatic heterocycles. The first-order chi connectivity index (χ1) is 13.0. The predicted molar refractivity (Wildman–Crippen MR) is 107 cm³/mol. The third kappa shape index (κ3) is 3.59. The summed E-state index contributed by atoms with van der Waals surface area (Å²) >= 11 is 0. The zero-order valence-corrected chi connectivity index (χ0v) is 15.2. The third-order valence-corrected chi connectivity index (χ3v) is 4.23. The second kappa shape index (κ2) is 6.71. The van der Waals surface area contributed by atoms with Crippen LogP contribution in [0.3, 0.4) is 0 Å². The number of aromatic nitrogens is 3. The molecule has 0 saturated carbocycles. The van der Waals surface area contributed by atoms with Gasteiger partial charge in [0, 0.05) is 24.2 Å². The maximum Gasteiger partial charge on any atom is 0.120 e. The smallest absolute Gasteiger partial charge is 0.120 e. The fourth-order valence-corrected chi connectivity index (χ4v) is 2.95. The molecule has 0 bridgehead atoms. The van der Waals surface area contributed by atoms with Gasteiger partial charge in [0.05, 0.1) is 17.3 Å². The average molecular weight is 353 g/mol. The van der Waals surface area contributed by atoms with E-state index in [2.05, 4.69) is 46.2 Å². The highest BCUT2D eigenvalue weighted by Crippen LogP contribution is 2.29. The van der Waals surface area contributed by atoms with Crippen LogP contribution in [0, 0.1) is 11.8 Å². The van der Waals surface area contributed by atoms with E-state index in [0.29, 0.717) is 0 Å². The number of rotatable bonds is 2. The van der Waals surface area contributed by atoms with Gasteiger partial charge in [-0.15, -0.1) is 0 Å². The van der Waals surface area contributed by atoms with Gasteiger partial charge in [0.15, 0.2) is 0 Å². The van der Waals surface area contributed by atoms with E-state index in [1.165, 1.54) is 0 Å². The Morgan fingerprint density at radius 2 is 1.70 bits per heavy atom. The van der Waals surface area contributed by atoms with Crippen LogP contribution in [0.5, 0.6) is 0 Å². The highest BCUT2D eigenvalue weighted by Gasteiger charge is 2.11. The summed E-state index contributed by atoms with van der Waals surface area (Å²) in [6, 6.07) is 16.2. The number of aliphatic hydroxyl groups is 1. The number of pyridine rings is 2. The summed E-state index contributed by atoms with van der Waals surface area (Å²) in [6.07, 6.45) is 7.38. The van der Waals surface area contributed by atoms with E-state index in [-0.39, 0.29) is 0 Å². The van der Waals surface area contributed by atoms with Crippen molar-refractivity contribution in [3.8, 4) is 34.1 Å². The van der Waals surface area contributed by atoms with Crippen molar-refractivity contribution in [2.45, 2.75) is 19.4 Å². The number of hydrogen-bond acceptors (Lipinski definition) is 3. The minimum Gasteiger partial charge on any atom is -0.378 e. The van der Waals surface area contributed by atoms with Gasteiger partial charge in [-0.25, -0.2) is 4.52 Å². The van der Waals surface area contributed by atoms with E-state index in [9.17, 15) is 5.11 Å². The standard InChI is InChI=1S/C23H19N3O/c1-23(2,27)12-11-19-6-4-14-26-22(19)21(16-25-26)18-9-7-17(8-10-18)20-5-3-13-24-15-20/h3-10,13-16,27H,1-2H3. The zero-order chi connectivity index (χ0) is 18.9. The van der Waals surface area contributed by atoms with Crippen molar-refractivity contribution in [2.75, 3.05) is 0 Å². The largest absolute Gasteiger partial charge is 0.378 e. The Balaban J connectivity index is 1.79. The first-order valence-corrected chi connectivity index (χ1v) is 8.74. The minimum absolute atomic E-state index is 0.837. The van der Waals surface area contributed by atoms with Crippen molar-refractivity contribution < 1.29 is 5.11 Å². The van der Waals surface area contributed by atoms with E-state index in [4.69, 9.17) is 0 Å². The molecule has 0 fully saturated rings. The molecule has 0 spiro atoms. The molecule has 0 radical (unpaired) electrons. The Labute approximate surface area is 158 Å². The maximum absolute atomic E-state index is 9.93. The van der Waals surface area contributed by atoms with Crippen molar-refractivity contribution in [1.29, 1.82) is 0 Å². The van der Waals surface area contributed by atoms with Crippen LogP contribution in [0.15, 0.2) is 73.3 Å². The van der Waals surface area contributed by atoms with E-state index < -0.39 is 5.60 Å². The molecule has 0 atom stereocenters. The molecule has 4 nitrogen and oxygen atoms in total. The molecule has 4 heteroatoms. The van der Waals surface area contributed by atoms with E-state index >= 15 is 0 Å². The van der Waals surface area contributed by atoms with Gasteiger partial charge in [-0.2, -0.15) is 5.10 Å². The molecule has 0 aliphatic carbocycles. The molecule has 27 heavy (non-hydrogen) atoms. The lowest BCUT2D eigenvalue weighted by Gasteiger charge is -2.07. The topological polar surface area (TPSA) is 50.4 Å². The van der Waals surface area contributed by atoms with Gasteiger partial charge in [0.1, 0.15) is 5.60 Å². The maximum atomic E-state index is 9.93. The molecule has 4 rings (SSSR count). The first-order valence-electron chi connectivity index (χ1n) is 8.74. The minimum atomic E-state index is -1.04. The van der Waals surface area contributed by atoms with Crippen LogP contribution in [0.4, 0.5) is 0 Å². The fourth-order valence-electron chi connectivity index (χ4n) is 2.95. The Morgan fingerprint density at radius 1 is 0.926 bits per heavy atom. The van der Waals surface area contributed by atoms with Gasteiger partial charge in [-0.3, -0.25) is 4.98 Å². The quantitative estimate of drug-likeness (QED) is 0.550. The Kier molecular flexibility index (Phi) is 4.23. The van der Waals surface area contributed by atoms with Crippen LogP contribution >= 0.6 is 0 Å². The third-order valence-electron chi connectivity index (χ3n) is 4.23. The lowest BCUT2D eigenvalue weighted by molar-refractivity contribution is 0.143. The first kappa shape index (κ1) is 17.0. The van der Waals surface area contributed by atoms with Gasteiger partial charge in [0.2, 0.25) is 0 Å². The lowest BCUT2D eigenvalue weighted by Crippen LogP contribution is -2.14. The molecular formula is C23H19N3O. The molecule has 0 aliphatic rings. The molecular weight excluding hydrogens is 334 g/mol. The molecule has 0 aliphatic heterocycles. The van der Waals surface area contributed by atoms with Crippen molar-refractivity contribution >= 4 is 5.52 Å². The van der Waals surface area contributed by atoms with E-state index in [1.807, 2.05) is 47.4 Å². The van der Waals surface area contributed by atoms with Crippen molar-refractivity contribution in [1.82, 2.24) is 14.6 Å². The normalized spacial score (nSPS) is 11.2. The van der Waals surface area contributed by atoms with Crippen molar-refractivity contribution in [3.05, 3.63) is 78.9 Å². The number of nitrogens with zero attached hydrogens (tertiary/aromatic N) is 3. The number of hydrogen-bond donors (Lipinski definition) is 1. The summed E-state index contributed by atoms with van der Waals surface area (Å²) in [7, 11) is 0. The Morgan fingerprint density at radius 3 is 2.41 bits per heavy atom. The monoisotopic (exact) mass is 353 g/mol. The Hall–Kier alpha value is -3.42. The summed E-state index contributed by atoms with van der Waals surface area (Å²) in [5.74, 6) is 5.98. The summed E-state index contributed by atoms with van der Waals surface area (Å²) in [5.41, 5.74) is 5.00. The SMILES string of the molecule is CC(C)(O)C#Cc1cccn2ncc(-c3ccc(-c4cccnc4)cc3)c12. The summed E-state index contributed by atoms with van der Waals surface area (Å²) < 4.78 is 1.82. The highest BCUT2D eigenvalue weighted by atomic mass is 16.3. The summed E-state index contributed by atoms with van der Waals surface area (Å²) in [4.78, 5) is 4.18. The molecule has 4 aromatic rings. The molecule has 0 saturated heterocycles. The molecule has 1 N–H and O–H groups in total. The van der Waals surface area contributed by atoms with Crippen LogP contribution in [0.2, 0.25) is 0 Å². The highest BCUT2D eigenvalue weighted by molar-refractivity contribution is 5.85. The molecule has 132 valence electrons. The van der Waals surface area contributed by atoms with E-state index in [0.717, 1.165) is 33.3 Å². The average Bonchev–Trinajstić information content (AvgIpc) is 3.11. The van der Waals surface area contributed by atoms with Crippen LogP contribution in [0.25, 0.3) is 27.8 Å². The molecule has 1 aromatic carbocycles. The number of benzene rings is 1. The van der Waals surface area contributed by atoms with E-state index in [1.54, 1.807) is 20.0 Å². The van der Waals surface area contributed by atoms with Gasteiger partial charge < -0.3 is 5.11 Å². The zero-order valence-electron chi connectivity index (χ0n) is 15.2. The van der Waals surface area contributed by atoms with Gasteiger partial charge in [-0.05, 0) is 48.7 Å². The number of fused-ring (bicyclic) bond motifs is 1. The van der Waals surface area contributed by atoms with Crippen LogP contribution in [-0.2, 0) is 0 Å².